The summed E-state index contributed by atoms with van der Waals surface area (Å²) < 4.78 is 7.64. The van der Waals surface area contributed by atoms with Gasteiger partial charge >= 0.3 is 0 Å². The Labute approximate surface area is 182 Å². The third kappa shape index (κ3) is 3.23. The number of fused-ring (bicyclic) bond motifs is 2. The summed E-state index contributed by atoms with van der Waals surface area (Å²) >= 11 is 1.27. The molecule has 3 heterocycles. The zero-order valence-electron chi connectivity index (χ0n) is 17.6. The molecule has 0 fully saturated rings. The summed E-state index contributed by atoms with van der Waals surface area (Å²) in [6.45, 7) is 7.45. The summed E-state index contributed by atoms with van der Waals surface area (Å²) in [6.07, 6.45) is 0. The normalized spacial score (nSPS) is 16.5. The Bertz CT molecular complexity index is 1400. The van der Waals surface area contributed by atoms with Crippen molar-refractivity contribution in [1.82, 2.24) is 4.57 Å². The molecule has 0 saturated carbocycles. The first-order valence-electron chi connectivity index (χ1n) is 10.2. The van der Waals surface area contributed by atoms with Gasteiger partial charge in [0, 0.05) is 16.9 Å². The van der Waals surface area contributed by atoms with Crippen LogP contribution >= 0.6 is 11.3 Å². The number of nitrogens with zero attached hydrogens (tertiary/aromatic N) is 3. The van der Waals surface area contributed by atoms with Crippen molar-refractivity contribution in [3.05, 3.63) is 72.8 Å². The Morgan fingerprint density at radius 2 is 1.97 bits per heavy atom. The summed E-state index contributed by atoms with van der Waals surface area (Å²) in [7, 11) is 0. The molecule has 31 heavy (non-hydrogen) atoms. The summed E-state index contributed by atoms with van der Waals surface area (Å²) in [5, 5.41) is 2.85. The van der Waals surface area contributed by atoms with Crippen LogP contribution < -0.4 is 29.8 Å². The molecular weight excluding hydrogens is 412 g/mol. The first-order chi connectivity index (χ1) is 15.0. The minimum Gasteiger partial charge on any atom is -0.494 e. The average Bonchev–Trinajstić information content (AvgIpc) is 3.25. The molecule has 0 spiro atoms. The van der Waals surface area contributed by atoms with Gasteiger partial charge in [-0.2, -0.15) is 0 Å². The number of benzene rings is 2. The van der Waals surface area contributed by atoms with Crippen molar-refractivity contribution >= 4 is 34.2 Å². The maximum Gasteiger partial charge on any atom is 0.272 e. The number of aromatic nitrogens is 1. The molecule has 2 aliphatic heterocycles. The van der Waals surface area contributed by atoms with E-state index >= 15 is 0 Å². The van der Waals surface area contributed by atoms with Crippen LogP contribution in [0.4, 0.5) is 11.4 Å². The van der Waals surface area contributed by atoms with E-state index in [0.717, 1.165) is 5.69 Å². The molecule has 0 aliphatic carbocycles. The second-order valence-electron chi connectivity index (χ2n) is 7.67. The third-order valence-electron chi connectivity index (χ3n) is 5.68. The van der Waals surface area contributed by atoms with Crippen LogP contribution in [0.25, 0.3) is 5.57 Å². The minimum absolute atomic E-state index is 0.197. The van der Waals surface area contributed by atoms with E-state index in [1.807, 2.05) is 31.2 Å². The van der Waals surface area contributed by atoms with Crippen molar-refractivity contribution < 1.29 is 9.53 Å². The lowest BCUT2D eigenvalue weighted by molar-refractivity contribution is -0.110. The quantitative estimate of drug-likeness (QED) is 0.685. The summed E-state index contributed by atoms with van der Waals surface area (Å²) in [4.78, 5) is 33.4. The van der Waals surface area contributed by atoms with Gasteiger partial charge in [0.15, 0.2) is 4.80 Å². The second kappa shape index (κ2) is 7.39. The first kappa shape index (κ1) is 19.6. The maximum atomic E-state index is 13.3. The molecule has 0 saturated heterocycles. The SMILES string of the molecule is CCOc1ccc2c(c1)C(=c1sc3n(c1=O)CN(c1ccc(C)c(C)c1)CN=3)C(=O)N2. The molecule has 0 atom stereocenters. The Morgan fingerprint density at radius 3 is 2.74 bits per heavy atom. The van der Waals surface area contributed by atoms with Crippen LogP contribution in [0.3, 0.4) is 0 Å². The fourth-order valence-electron chi connectivity index (χ4n) is 3.87. The second-order valence-corrected chi connectivity index (χ2v) is 8.64. The van der Waals surface area contributed by atoms with E-state index in [9.17, 15) is 9.59 Å². The van der Waals surface area contributed by atoms with Gasteiger partial charge in [0.1, 0.15) is 23.6 Å². The number of ether oxygens (including phenoxy) is 1. The topological polar surface area (TPSA) is 75.9 Å². The van der Waals surface area contributed by atoms with Gasteiger partial charge in [0.05, 0.1) is 12.2 Å². The highest BCUT2D eigenvalue weighted by Gasteiger charge is 2.28. The summed E-state index contributed by atoms with van der Waals surface area (Å²) in [5.41, 5.74) is 5.02. The summed E-state index contributed by atoms with van der Waals surface area (Å²) in [6, 6.07) is 11.7. The third-order valence-corrected chi connectivity index (χ3v) is 6.80. The molecule has 0 radical (unpaired) electrons. The number of aryl methyl sites for hydroxylation is 2. The van der Waals surface area contributed by atoms with Crippen molar-refractivity contribution in [2.45, 2.75) is 27.4 Å². The van der Waals surface area contributed by atoms with Crippen molar-refractivity contribution in [2.75, 3.05) is 23.5 Å². The molecule has 1 amide bonds. The van der Waals surface area contributed by atoms with E-state index in [1.165, 1.54) is 22.5 Å². The van der Waals surface area contributed by atoms with Crippen molar-refractivity contribution in [3.8, 4) is 5.75 Å². The summed E-state index contributed by atoms with van der Waals surface area (Å²) in [5.74, 6) is 0.397. The highest BCUT2D eigenvalue weighted by Crippen LogP contribution is 2.33. The van der Waals surface area contributed by atoms with E-state index in [2.05, 4.69) is 41.2 Å². The van der Waals surface area contributed by atoms with E-state index < -0.39 is 0 Å². The van der Waals surface area contributed by atoms with Crippen molar-refractivity contribution in [3.63, 3.8) is 0 Å². The van der Waals surface area contributed by atoms with E-state index in [0.29, 0.717) is 51.9 Å². The molecule has 8 heteroatoms. The molecular formula is C23H22N4O3S. The van der Waals surface area contributed by atoms with Crippen LogP contribution in [0, 0.1) is 13.8 Å². The van der Waals surface area contributed by atoms with Crippen LogP contribution in [0.5, 0.6) is 5.75 Å². The van der Waals surface area contributed by atoms with Crippen LogP contribution in [-0.4, -0.2) is 23.7 Å². The van der Waals surface area contributed by atoms with Crippen LogP contribution in [-0.2, 0) is 11.5 Å². The van der Waals surface area contributed by atoms with Crippen molar-refractivity contribution in [2.24, 2.45) is 4.99 Å². The lowest BCUT2D eigenvalue weighted by atomic mass is 10.1. The molecule has 0 bridgehead atoms. The number of hydrogen-bond acceptors (Lipinski definition) is 6. The number of thiazole rings is 1. The predicted octanol–water partition coefficient (Wildman–Crippen LogP) is 2.13. The maximum absolute atomic E-state index is 13.3. The number of nitrogens with one attached hydrogen (secondary N) is 1. The van der Waals surface area contributed by atoms with Gasteiger partial charge in [-0.05, 0) is 62.2 Å². The number of hydrogen-bond donors (Lipinski definition) is 1. The fraction of sp³-hybridized carbons (Fsp3) is 0.261. The molecule has 0 unspecified atom stereocenters. The predicted molar refractivity (Wildman–Crippen MR) is 121 cm³/mol. The van der Waals surface area contributed by atoms with Crippen molar-refractivity contribution in [1.29, 1.82) is 0 Å². The molecule has 1 N–H and O–H groups in total. The van der Waals surface area contributed by atoms with Gasteiger partial charge in [-0.1, -0.05) is 17.4 Å². The zero-order chi connectivity index (χ0) is 21.7. The molecule has 7 nitrogen and oxygen atoms in total. The lowest BCUT2D eigenvalue weighted by Gasteiger charge is -2.26. The number of rotatable bonds is 3. The number of carbonyl (C=O) groups excluding carboxylic acids is 1. The molecule has 2 aliphatic rings. The molecule has 158 valence electrons. The number of carbonyl (C=O) groups is 1. The van der Waals surface area contributed by atoms with Crippen LogP contribution in [0.15, 0.2) is 46.2 Å². The Morgan fingerprint density at radius 1 is 1.13 bits per heavy atom. The number of amides is 1. The molecule has 3 aromatic rings. The lowest BCUT2D eigenvalue weighted by Crippen LogP contribution is -2.43. The van der Waals surface area contributed by atoms with Gasteiger partial charge in [0.2, 0.25) is 0 Å². The standard InChI is InChI=1S/C23H22N4O3S/c1-4-30-16-7-8-18-17(10-16)19(21(28)25-18)20-22(29)27-12-26(11-24-23(27)31-20)15-6-5-13(2)14(3)9-15/h5-10H,4,11-12H2,1-3H3,(H,25,28). The first-order valence-corrected chi connectivity index (χ1v) is 11.0. The van der Waals surface area contributed by atoms with Crippen LogP contribution in [0.2, 0.25) is 0 Å². The molecule has 5 rings (SSSR count). The van der Waals surface area contributed by atoms with E-state index in [4.69, 9.17) is 4.74 Å². The van der Waals surface area contributed by atoms with Crippen LogP contribution in [0.1, 0.15) is 23.6 Å². The van der Waals surface area contributed by atoms with Gasteiger partial charge in [-0.15, -0.1) is 0 Å². The Balaban J connectivity index is 1.61. The van der Waals surface area contributed by atoms with E-state index in [1.54, 1.807) is 4.57 Å². The average molecular weight is 435 g/mol. The molecule has 1 aromatic heterocycles. The number of anilines is 2. The highest BCUT2D eigenvalue weighted by molar-refractivity contribution is 7.07. The van der Waals surface area contributed by atoms with Gasteiger partial charge in [-0.3, -0.25) is 14.2 Å². The van der Waals surface area contributed by atoms with E-state index in [-0.39, 0.29) is 11.5 Å². The monoisotopic (exact) mass is 434 g/mol. The van der Waals surface area contributed by atoms with Gasteiger partial charge < -0.3 is 15.0 Å². The Kier molecular flexibility index (Phi) is 4.66. The highest BCUT2D eigenvalue weighted by atomic mass is 32.1. The van der Waals surface area contributed by atoms with Gasteiger partial charge in [-0.25, -0.2) is 4.99 Å². The van der Waals surface area contributed by atoms with Gasteiger partial charge in [0.25, 0.3) is 11.5 Å². The fourth-order valence-corrected chi connectivity index (χ4v) is 4.93. The Hall–Kier alpha value is -3.39. The largest absolute Gasteiger partial charge is 0.494 e. The smallest absolute Gasteiger partial charge is 0.272 e. The zero-order valence-corrected chi connectivity index (χ0v) is 18.4. The molecule has 2 aromatic carbocycles. The minimum atomic E-state index is -0.272.